The molecule has 7 heteroatoms. The lowest BCUT2D eigenvalue weighted by molar-refractivity contribution is 0.0236. The van der Waals surface area contributed by atoms with Crippen LogP contribution in [0, 0.1) is 6.92 Å². The normalized spacial score (nSPS) is 23.8. The van der Waals surface area contributed by atoms with Gasteiger partial charge in [0.1, 0.15) is 6.10 Å². The van der Waals surface area contributed by atoms with Crippen molar-refractivity contribution < 1.29 is 9.84 Å². The lowest BCUT2D eigenvalue weighted by Crippen LogP contribution is -2.35. The summed E-state index contributed by atoms with van der Waals surface area (Å²) in [5.41, 5.74) is 4.17. The molecule has 0 saturated carbocycles. The second-order valence-electron chi connectivity index (χ2n) is 6.74. The number of rotatable bonds is 3. The first-order valence-corrected chi connectivity index (χ1v) is 8.78. The highest BCUT2D eigenvalue weighted by atomic mass is 16.5. The molecule has 4 heterocycles. The molecule has 0 amide bonds. The van der Waals surface area contributed by atoms with Gasteiger partial charge in [-0.25, -0.2) is 9.50 Å². The summed E-state index contributed by atoms with van der Waals surface area (Å²) in [6.45, 7) is 7.15. The zero-order valence-corrected chi connectivity index (χ0v) is 14.1. The Morgan fingerprint density at radius 1 is 1.38 bits per heavy atom. The van der Waals surface area contributed by atoms with Crippen molar-refractivity contribution in [2.24, 2.45) is 0 Å². The molecule has 130 valence electrons. The number of fused-ring (bicyclic) bond motifs is 1. The van der Waals surface area contributed by atoms with Crippen LogP contribution in [0.25, 0.3) is 5.65 Å². The number of aliphatic hydroxyl groups is 1. The third kappa shape index (κ3) is 3.04. The predicted molar refractivity (Wildman–Crippen MR) is 89.8 cm³/mol. The zero-order valence-electron chi connectivity index (χ0n) is 14.1. The second-order valence-corrected chi connectivity index (χ2v) is 6.74. The van der Waals surface area contributed by atoms with Crippen LogP contribution < -0.4 is 5.32 Å². The fraction of sp³-hybridized carbons (Fsp3) is 0.647. The Kier molecular flexibility index (Phi) is 4.49. The molecule has 0 radical (unpaired) electrons. The zero-order chi connectivity index (χ0) is 16.5. The molecule has 7 nitrogen and oxygen atoms in total. The molecule has 4 rings (SSSR count). The van der Waals surface area contributed by atoms with Crippen LogP contribution in [0.2, 0.25) is 0 Å². The summed E-state index contributed by atoms with van der Waals surface area (Å²) >= 11 is 0. The van der Waals surface area contributed by atoms with Crippen LogP contribution in [-0.4, -0.2) is 63.5 Å². The summed E-state index contributed by atoms with van der Waals surface area (Å²) in [5, 5.41) is 17.8. The number of aliphatic hydroxyl groups excluding tert-OH is 1. The van der Waals surface area contributed by atoms with Crippen LogP contribution in [0.5, 0.6) is 0 Å². The van der Waals surface area contributed by atoms with E-state index >= 15 is 0 Å². The van der Waals surface area contributed by atoms with Gasteiger partial charge in [0.2, 0.25) is 0 Å². The van der Waals surface area contributed by atoms with Crippen molar-refractivity contribution >= 4 is 5.65 Å². The SMILES string of the molecule is Cc1nn2c([C@@H]3CNCCO3)ccnc2c1CN1CCC(O)CC1. The number of hydrogen-bond acceptors (Lipinski definition) is 6. The van der Waals surface area contributed by atoms with Gasteiger partial charge in [0.15, 0.2) is 5.65 Å². The Labute approximate surface area is 141 Å². The van der Waals surface area contributed by atoms with Crippen molar-refractivity contribution in [3.63, 3.8) is 0 Å². The van der Waals surface area contributed by atoms with Crippen LogP contribution >= 0.6 is 0 Å². The van der Waals surface area contributed by atoms with E-state index in [0.717, 1.165) is 69.2 Å². The monoisotopic (exact) mass is 331 g/mol. The maximum atomic E-state index is 9.68. The summed E-state index contributed by atoms with van der Waals surface area (Å²) in [5.74, 6) is 0. The van der Waals surface area contributed by atoms with E-state index in [9.17, 15) is 5.11 Å². The molecule has 2 fully saturated rings. The topological polar surface area (TPSA) is 74.9 Å². The van der Waals surface area contributed by atoms with Gasteiger partial charge in [-0.3, -0.25) is 4.90 Å². The molecule has 2 aromatic rings. The van der Waals surface area contributed by atoms with Crippen LogP contribution in [-0.2, 0) is 11.3 Å². The molecular weight excluding hydrogens is 306 g/mol. The lowest BCUT2D eigenvalue weighted by atomic mass is 10.1. The van der Waals surface area contributed by atoms with Crippen LogP contribution in [0.3, 0.4) is 0 Å². The Morgan fingerprint density at radius 2 is 2.21 bits per heavy atom. The lowest BCUT2D eigenvalue weighted by Gasteiger charge is -2.29. The molecule has 0 bridgehead atoms. The minimum Gasteiger partial charge on any atom is -0.393 e. The van der Waals surface area contributed by atoms with E-state index in [1.807, 2.05) is 23.7 Å². The highest BCUT2D eigenvalue weighted by Gasteiger charge is 2.23. The smallest absolute Gasteiger partial charge is 0.160 e. The van der Waals surface area contributed by atoms with Gasteiger partial charge in [0.25, 0.3) is 0 Å². The standard InChI is InChI=1S/C17H25N5O2/c1-12-14(11-21-7-3-13(23)4-8-21)17-19-5-2-15(22(17)20-12)16-10-18-6-9-24-16/h2,5,13,16,18,23H,3-4,6-11H2,1H3/t16-/m0/s1. The highest BCUT2D eigenvalue weighted by molar-refractivity contribution is 5.50. The fourth-order valence-corrected chi connectivity index (χ4v) is 3.60. The Hall–Kier alpha value is -1.54. The number of nitrogens with zero attached hydrogens (tertiary/aromatic N) is 4. The molecule has 0 aliphatic carbocycles. The maximum absolute atomic E-state index is 9.68. The van der Waals surface area contributed by atoms with Crippen molar-refractivity contribution in [3.05, 3.63) is 29.2 Å². The molecular formula is C17H25N5O2. The van der Waals surface area contributed by atoms with Gasteiger partial charge in [-0.2, -0.15) is 5.10 Å². The number of aryl methyl sites for hydroxylation is 1. The number of hydrogen-bond donors (Lipinski definition) is 2. The molecule has 2 saturated heterocycles. The minimum atomic E-state index is -0.146. The summed E-state index contributed by atoms with van der Waals surface area (Å²) in [6, 6.07) is 2.00. The second kappa shape index (κ2) is 6.76. The maximum Gasteiger partial charge on any atom is 0.160 e. The van der Waals surface area contributed by atoms with Crippen molar-refractivity contribution in [1.82, 2.24) is 24.8 Å². The number of likely N-dealkylation sites (tertiary alicyclic amines) is 1. The van der Waals surface area contributed by atoms with Crippen molar-refractivity contribution in [3.8, 4) is 0 Å². The van der Waals surface area contributed by atoms with E-state index in [4.69, 9.17) is 9.84 Å². The van der Waals surface area contributed by atoms with E-state index in [1.54, 1.807) is 0 Å². The average molecular weight is 331 g/mol. The van der Waals surface area contributed by atoms with Gasteiger partial charge >= 0.3 is 0 Å². The Morgan fingerprint density at radius 3 is 2.96 bits per heavy atom. The number of morpholine rings is 1. The molecule has 2 N–H and O–H groups in total. The summed E-state index contributed by atoms with van der Waals surface area (Å²) in [6.07, 6.45) is 3.41. The molecule has 2 aliphatic rings. The molecule has 24 heavy (non-hydrogen) atoms. The number of piperidine rings is 1. The van der Waals surface area contributed by atoms with E-state index < -0.39 is 0 Å². The fourth-order valence-electron chi connectivity index (χ4n) is 3.60. The first-order chi connectivity index (χ1) is 11.7. The molecule has 2 aromatic heterocycles. The number of aromatic nitrogens is 3. The van der Waals surface area contributed by atoms with Crippen molar-refractivity contribution in [2.75, 3.05) is 32.8 Å². The average Bonchev–Trinajstić information content (AvgIpc) is 2.93. The summed E-state index contributed by atoms with van der Waals surface area (Å²) in [4.78, 5) is 6.97. The third-order valence-corrected chi connectivity index (χ3v) is 5.04. The predicted octanol–water partition coefficient (Wildman–Crippen LogP) is 0.655. The Bertz CT molecular complexity index is 702. The first kappa shape index (κ1) is 16.0. The summed E-state index contributed by atoms with van der Waals surface area (Å²) < 4.78 is 7.84. The van der Waals surface area contributed by atoms with Gasteiger partial charge in [0.05, 0.1) is 24.1 Å². The van der Waals surface area contributed by atoms with Crippen LogP contribution in [0.1, 0.15) is 35.9 Å². The largest absolute Gasteiger partial charge is 0.393 e. The summed E-state index contributed by atoms with van der Waals surface area (Å²) in [7, 11) is 0. The van der Waals surface area contributed by atoms with E-state index in [1.165, 1.54) is 5.56 Å². The molecule has 0 aromatic carbocycles. The first-order valence-electron chi connectivity index (χ1n) is 8.78. The van der Waals surface area contributed by atoms with Crippen LogP contribution in [0.4, 0.5) is 0 Å². The van der Waals surface area contributed by atoms with Gasteiger partial charge in [-0.05, 0) is 25.8 Å². The van der Waals surface area contributed by atoms with Gasteiger partial charge in [0, 0.05) is 44.5 Å². The Balaban J connectivity index is 1.63. The van der Waals surface area contributed by atoms with Crippen molar-refractivity contribution in [2.45, 2.75) is 38.5 Å². The van der Waals surface area contributed by atoms with Gasteiger partial charge in [-0.15, -0.1) is 0 Å². The molecule has 0 spiro atoms. The van der Waals surface area contributed by atoms with E-state index in [0.29, 0.717) is 0 Å². The number of nitrogens with one attached hydrogen (secondary N) is 1. The van der Waals surface area contributed by atoms with E-state index in [-0.39, 0.29) is 12.2 Å². The molecule has 0 unspecified atom stereocenters. The molecule has 1 atom stereocenters. The van der Waals surface area contributed by atoms with E-state index in [2.05, 4.69) is 15.2 Å². The van der Waals surface area contributed by atoms with Crippen molar-refractivity contribution in [1.29, 1.82) is 0 Å². The minimum absolute atomic E-state index is 0.0153. The highest BCUT2D eigenvalue weighted by Crippen LogP contribution is 2.24. The number of ether oxygens (including phenoxy) is 1. The quantitative estimate of drug-likeness (QED) is 0.860. The third-order valence-electron chi connectivity index (χ3n) is 5.04. The van der Waals surface area contributed by atoms with Gasteiger partial charge in [-0.1, -0.05) is 0 Å². The van der Waals surface area contributed by atoms with Crippen LogP contribution in [0.15, 0.2) is 12.3 Å². The van der Waals surface area contributed by atoms with Gasteiger partial charge < -0.3 is 15.2 Å². The molecule has 2 aliphatic heterocycles.